The standard InChI is InChI=1S/C41H49N5O4/c1-27(42-26-37(47)36-19-20-38(43-25-36)46-28(2)13-14-29(46)3)21-32-9-8-10-33(22-32)23-39(48)44-24-31-15-17-35(18-16-31)41(50)45-30(4)40(49)34-11-6-5-7-12-34/h5-13,15-20,22,25,27,29-30,37,40,42,47,49H,14,21,23-24,26H2,1-4H3,(H,44,48)(H,45,50)/t27-,29?,30-,37+,40-/m1/s1. The molecule has 2 heterocycles. The Morgan fingerprint density at radius 3 is 2.32 bits per heavy atom. The van der Waals surface area contributed by atoms with Crippen LogP contribution in [-0.2, 0) is 24.2 Å². The summed E-state index contributed by atoms with van der Waals surface area (Å²) in [7, 11) is 0. The predicted octanol–water partition coefficient (Wildman–Crippen LogP) is 5.55. The van der Waals surface area contributed by atoms with E-state index in [2.05, 4.69) is 64.8 Å². The van der Waals surface area contributed by atoms with Crippen molar-refractivity contribution in [3.8, 4) is 0 Å². The highest BCUT2D eigenvalue weighted by Gasteiger charge is 2.22. The van der Waals surface area contributed by atoms with Crippen molar-refractivity contribution in [1.29, 1.82) is 0 Å². The molecule has 0 bridgehead atoms. The van der Waals surface area contributed by atoms with Crippen LogP contribution in [0, 0.1) is 0 Å². The van der Waals surface area contributed by atoms with E-state index >= 15 is 0 Å². The quantitative estimate of drug-likeness (QED) is 0.112. The Morgan fingerprint density at radius 2 is 1.64 bits per heavy atom. The van der Waals surface area contributed by atoms with E-state index in [0.29, 0.717) is 24.7 Å². The number of allylic oxidation sites excluding steroid dienone is 1. The van der Waals surface area contributed by atoms with Crippen molar-refractivity contribution < 1.29 is 19.8 Å². The van der Waals surface area contributed by atoms with Crippen LogP contribution >= 0.6 is 0 Å². The fourth-order valence-electron chi connectivity index (χ4n) is 6.29. The monoisotopic (exact) mass is 675 g/mol. The third-order valence-corrected chi connectivity index (χ3v) is 9.21. The summed E-state index contributed by atoms with van der Waals surface area (Å²) < 4.78 is 0. The summed E-state index contributed by atoms with van der Waals surface area (Å²) in [5.74, 6) is 0.538. The zero-order chi connectivity index (χ0) is 35.6. The van der Waals surface area contributed by atoms with Crippen LogP contribution in [0.3, 0.4) is 0 Å². The lowest BCUT2D eigenvalue weighted by Crippen LogP contribution is -2.37. The number of nitrogens with one attached hydrogen (secondary N) is 3. The van der Waals surface area contributed by atoms with Crippen molar-refractivity contribution in [3.63, 3.8) is 0 Å². The third kappa shape index (κ3) is 9.88. The molecule has 5 atom stereocenters. The summed E-state index contributed by atoms with van der Waals surface area (Å²) >= 11 is 0. The minimum Gasteiger partial charge on any atom is -0.387 e. The van der Waals surface area contributed by atoms with Crippen LogP contribution in [0.4, 0.5) is 5.82 Å². The van der Waals surface area contributed by atoms with E-state index in [-0.39, 0.29) is 24.3 Å². The van der Waals surface area contributed by atoms with Gasteiger partial charge in [-0.25, -0.2) is 4.98 Å². The molecule has 0 fully saturated rings. The maximum atomic E-state index is 12.8. The van der Waals surface area contributed by atoms with Gasteiger partial charge < -0.3 is 31.1 Å². The first kappa shape index (κ1) is 36.5. The smallest absolute Gasteiger partial charge is 0.251 e. The molecule has 262 valence electrons. The van der Waals surface area contributed by atoms with E-state index in [9.17, 15) is 19.8 Å². The molecule has 0 saturated carbocycles. The molecule has 0 spiro atoms. The third-order valence-electron chi connectivity index (χ3n) is 9.21. The normalized spacial score (nSPS) is 16.6. The number of rotatable bonds is 15. The first-order valence-corrected chi connectivity index (χ1v) is 17.4. The number of aliphatic hydroxyl groups is 2. The van der Waals surface area contributed by atoms with Crippen molar-refractivity contribution in [3.05, 3.63) is 142 Å². The number of hydrogen-bond donors (Lipinski definition) is 5. The number of nitrogens with zero attached hydrogens (tertiary/aromatic N) is 2. The van der Waals surface area contributed by atoms with Gasteiger partial charge in [-0.15, -0.1) is 0 Å². The number of aliphatic hydroxyl groups excluding tert-OH is 2. The lowest BCUT2D eigenvalue weighted by atomic mass is 10.0. The first-order valence-electron chi connectivity index (χ1n) is 17.4. The summed E-state index contributed by atoms with van der Waals surface area (Å²) in [4.78, 5) is 32.4. The maximum absolute atomic E-state index is 12.8. The zero-order valence-corrected chi connectivity index (χ0v) is 29.3. The number of carbonyl (C=O) groups is 2. The summed E-state index contributed by atoms with van der Waals surface area (Å²) in [6.45, 7) is 8.89. The van der Waals surface area contributed by atoms with E-state index in [0.717, 1.165) is 46.5 Å². The highest BCUT2D eigenvalue weighted by Crippen LogP contribution is 2.28. The Morgan fingerprint density at radius 1 is 0.900 bits per heavy atom. The van der Waals surface area contributed by atoms with E-state index < -0.39 is 18.2 Å². The summed E-state index contributed by atoms with van der Waals surface area (Å²) in [6, 6.07) is 28.3. The molecule has 0 radical (unpaired) electrons. The van der Waals surface area contributed by atoms with Crippen LogP contribution in [0.15, 0.2) is 109 Å². The summed E-state index contributed by atoms with van der Waals surface area (Å²) in [5.41, 5.74) is 6.12. The maximum Gasteiger partial charge on any atom is 0.251 e. The Hall–Kier alpha value is -4.83. The number of benzene rings is 3. The molecule has 1 aliphatic heterocycles. The lowest BCUT2D eigenvalue weighted by Gasteiger charge is -2.25. The molecule has 4 aromatic rings. The Balaban J connectivity index is 1.03. The van der Waals surface area contributed by atoms with Gasteiger partial charge >= 0.3 is 0 Å². The molecule has 50 heavy (non-hydrogen) atoms. The molecule has 0 aliphatic carbocycles. The first-order chi connectivity index (χ1) is 24.1. The Kier molecular flexibility index (Phi) is 12.5. The average molecular weight is 676 g/mol. The summed E-state index contributed by atoms with van der Waals surface area (Å²) in [5, 5.41) is 30.6. The molecule has 9 heteroatoms. The molecule has 0 saturated heterocycles. The van der Waals surface area contributed by atoms with E-state index in [1.54, 1.807) is 25.3 Å². The SMILES string of the molecule is CC1=CCC(C)N1c1ccc([C@@H](O)CN[C@H](C)Cc2cccc(CC(=O)NCc3ccc(C(=O)N[C@H](C)[C@@H](O)c4ccccc4)cc3)c2)cn1. The van der Waals surface area contributed by atoms with Crippen LogP contribution in [0.25, 0.3) is 0 Å². The Bertz CT molecular complexity index is 1740. The number of pyridine rings is 1. The van der Waals surface area contributed by atoms with E-state index in [4.69, 9.17) is 0 Å². The second-order valence-electron chi connectivity index (χ2n) is 13.4. The molecule has 1 unspecified atom stereocenters. The minimum atomic E-state index is -0.812. The minimum absolute atomic E-state index is 0.0908. The molecular weight excluding hydrogens is 626 g/mol. The van der Waals surface area contributed by atoms with Gasteiger partial charge in [0.1, 0.15) is 5.82 Å². The topological polar surface area (TPSA) is 127 Å². The van der Waals surface area contributed by atoms with Crippen molar-refractivity contribution in [2.75, 3.05) is 11.4 Å². The molecule has 5 rings (SSSR count). The van der Waals surface area contributed by atoms with Crippen molar-refractivity contribution in [1.82, 2.24) is 20.9 Å². The second-order valence-corrected chi connectivity index (χ2v) is 13.4. The average Bonchev–Trinajstić information content (AvgIpc) is 3.47. The largest absolute Gasteiger partial charge is 0.387 e. The number of hydrogen-bond acceptors (Lipinski definition) is 7. The van der Waals surface area contributed by atoms with Gasteiger partial charge in [0.25, 0.3) is 5.91 Å². The van der Waals surface area contributed by atoms with Gasteiger partial charge in [-0.3, -0.25) is 9.59 Å². The molecule has 3 aromatic carbocycles. The van der Waals surface area contributed by atoms with Crippen LogP contribution in [0.2, 0.25) is 0 Å². The molecule has 2 amide bonds. The lowest BCUT2D eigenvalue weighted by molar-refractivity contribution is -0.120. The molecule has 5 N–H and O–H groups in total. The van der Waals surface area contributed by atoms with Crippen LogP contribution in [0.5, 0.6) is 0 Å². The molecule has 1 aliphatic rings. The summed E-state index contributed by atoms with van der Waals surface area (Å²) in [6.07, 6.45) is 4.52. The van der Waals surface area contributed by atoms with Gasteiger partial charge in [0.15, 0.2) is 0 Å². The number of carbonyl (C=O) groups excluding carboxylic acids is 2. The fraction of sp³-hybridized carbons (Fsp3) is 0.341. The fourth-order valence-corrected chi connectivity index (χ4v) is 6.29. The van der Waals surface area contributed by atoms with E-state index in [1.807, 2.05) is 66.7 Å². The van der Waals surface area contributed by atoms with Gasteiger partial charge in [0, 0.05) is 48.2 Å². The van der Waals surface area contributed by atoms with Crippen LogP contribution in [0.1, 0.15) is 84.5 Å². The second kappa shape index (κ2) is 17.2. The van der Waals surface area contributed by atoms with Crippen molar-refractivity contribution in [2.24, 2.45) is 0 Å². The van der Waals surface area contributed by atoms with Gasteiger partial charge in [0.05, 0.1) is 24.7 Å². The zero-order valence-electron chi connectivity index (χ0n) is 29.3. The van der Waals surface area contributed by atoms with Gasteiger partial charge in [-0.1, -0.05) is 78.9 Å². The number of aromatic nitrogens is 1. The van der Waals surface area contributed by atoms with Crippen LogP contribution in [-0.4, -0.2) is 51.7 Å². The predicted molar refractivity (Wildman–Crippen MR) is 197 cm³/mol. The van der Waals surface area contributed by atoms with Crippen molar-refractivity contribution in [2.45, 2.75) is 83.8 Å². The Labute approximate surface area is 295 Å². The molecule has 9 nitrogen and oxygen atoms in total. The highest BCUT2D eigenvalue weighted by atomic mass is 16.3. The van der Waals surface area contributed by atoms with Crippen LogP contribution < -0.4 is 20.9 Å². The number of anilines is 1. The van der Waals surface area contributed by atoms with Gasteiger partial charge in [0.2, 0.25) is 5.91 Å². The van der Waals surface area contributed by atoms with E-state index in [1.165, 1.54) is 5.70 Å². The molecular formula is C41H49N5O4. The highest BCUT2D eigenvalue weighted by molar-refractivity contribution is 5.94. The molecule has 1 aromatic heterocycles. The van der Waals surface area contributed by atoms with Gasteiger partial charge in [-0.2, -0.15) is 0 Å². The van der Waals surface area contributed by atoms with Crippen molar-refractivity contribution >= 4 is 17.6 Å². The van der Waals surface area contributed by atoms with Gasteiger partial charge in [-0.05, 0) is 81.0 Å². The number of amides is 2.